The molecule has 3 rings (SSSR count). The number of fused-ring (bicyclic) bond motifs is 1. The second-order valence-corrected chi connectivity index (χ2v) is 4.23. The van der Waals surface area contributed by atoms with Gasteiger partial charge in [-0.2, -0.15) is 0 Å². The molecule has 0 fully saturated rings. The van der Waals surface area contributed by atoms with Crippen LogP contribution >= 0.6 is 0 Å². The summed E-state index contributed by atoms with van der Waals surface area (Å²) in [5.74, 6) is 0.376. The van der Waals surface area contributed by atoms with Gasteiger partial charge in [-0.25, -0.2) is 4.98 Å². The van der Waals surface area contributed by atoms with Gasteiger partial charge < -0.3 is 15.3 Å². The van der Waals surface area contributed by atoms with Crippen LogP contribution in [0.3, 0.4) is 0 Å². The third-order valence-electron chi connectivity index (χ3n) is 2.84. The molecule has 0 saturated heterocycles. The standard InChI is InChI=1S/C14H12N2O2/c1-8-5-6-12-11(7-8)16-14(18-12)9-3-2-4-10(15)13(9)17/h2-7,17H,15H2,1H3. The normalized spacial score (nSPS) is 10.9. The van der Waals surface area contributed by atoms with Crippen molar-refractivity contribution in [3.63, 3.8) is 0 Å². The number of nitrogens with zero attached hydrogens (tertiary/aromatic N) is 1. The Morgan fingerprint density at radius 3 is 2.89 bits per heavy atom. The Hall–Kier alpha value is -2.49. The lowest BCUT2D eigenvalue weighted by molar-refractivity contribution is 0.476. The van der Waals surface area contributed by atoms with E-state index in [9.17, 15) is 5.11 Å². The summed E-state index contributed by atoms with van der Waals surface area (Å²) >= 11 is 0. The van der Waals surface area contributed by atoms with E-state index in [1.54, 1.807) is 18.2 Å². The lowest BCUT2D eigenvalue weighted by Gasteiger charge is -2.02. The zero-order chi connectivity index (χ0) is 12.7. The molecular weight excluding hydrogens is 228 g/mol. The zero-order valence-electron chi connectivity index (χ0n) is 9.84. The van der Waals surface area contributed by atoms with Gasteiger partial charge in [-0.3, -0.25) is 0 Å². The summed E-state index contributed by atoms with van der Waals surface area (Å²) in [4.78, 5) is 4.36. The number of aromatic nitrogens is 1. The predicted octanol–water partition coefficient (Wildman–Crippen LogP) is 3.09. The first-order valence-corrected chi connectivity index (χ1v) is 5.60. The van der Waals surface area contributed by atoms with Crippen LogP contribution < -0.4 is 5.73 Å². The summed E-state index contributed by atoms with van der Waals surface area (Å²) in [6.45, 7) is 1.99. The number of hydrogen-bond donors (Lipinski definition) is 2. The average Bonchev–Trinajstić information content (AvgIpc) is 2.75. The number of hydrogen-bond acceptors (Lipinski definition) is 4. The Morgan fingerprint density at radius 2 is 2.06 bits per heavy atom. The maximum atomic E-state index is 9.91. The van der Waals surface area contributed by atoms with E-state index in [2.05, 4.69) is 4.98 Å². The Kier molecular flexibility index (Phi) is 2.23. The molecule has 1 aromatic heterocycles. The molecule has 0 spiro atoms. The highest BCUT2D eigenvalue weighted by Crippen LogP contribution is 2.34. The SMILES string of the molecule is Cc1ccc2oc(-c3cccc(N)c3O)nc2c1. The Balaban J connectivity index is 2.22. The molecule has 0 radical (unpaired) electrons. The minimum Gasteiger partial charge on any atom is -0.505 e. The smallest absolute Gasteiger partial charge is 0.231 e. The highest BCUT2D eigenvalue weighted by molar-refractivity contribution is 5.79. The number of phenolic OH excluding ortho intramolecular Hbond substituents is 1. The van der Waals surface area contributed by atoms with E-state index < -0.39 is 0 Å². The monoisotopic (exact) mass is 240 g/mol. The number of rotatable bonds is 1. The van der Waals surface area contributed by atoms with E-state index in [-0.39, 0.29) is 5.75 Å². The molecule has 0 unspecified atom stereocenters. The van der Waals surface area contributed by atoms with Crippen LogP contribution in [0.15, 0.2) is 40.8 Å². The first-order chi connectivity index (χ1) is 8.65. The molecule has 0 atom stereocenters. The first kappa shape index (κ1) is 10.7. The Bertz CT molecular complexity index is 732. The van der Waals surface area contributed by atoms with Crippen molar-refractivity contribution in [2.24, 2.45) is 0 Å². The summed E-state index contributed by atoms with van der Waals surface area (Å²) in [7, 11) is 0. The van der Waals surface area contributed by atoms with Gasteiger partial charge in [-0.15, -0.1) is 0 Å². The van der Waals surface area contributed by atoms with Crippen LogP contribution in [0.5, 0.6) is 5.75 Å². The lowest BCUT2D eigenvalue weighted by Crippen LogP contribution is -1.87. The van der Waals surface area contributed by atoms with Crippen molar-refractivity contribution < 1.29 is 9.52 Å². The molecule has 90 valence electrons. The molecule has 18 heavy (non-hydrogen) atoms. The number of benzene rings is 2. The van der Waals surface area contributed by atoms with Crippen LogP contribution in [0.25, 0.3) is 22.6 Å². The van der Waals surface area contributed by atoms with Gasteiger partial charge >= 0.3 is 0 Å². The maximum Gasteiger partial charge on any atom is 0.231 e. The molecule has 3 aromatic rings. The average molecular weight is 240 g/mol. The molecule has 0 aliphatic carbocycles. The zero-order valence-corrected chi connectivity index (χ0v) is 9.84. The number of anilines is 1. The van der Waals surface area contributed by atoms with Gasteiger partial charge in [0.2, 0.25) is 5.89 Å². The molecule has 0 bridgehead atoms. The molecule has 1 heterocycles. The summed E-state index contributed by atoms with van der Waals surface area (Å²) in [5, 5.41) is 9.91. The third kappa shape index (κ3) is 1.59. The molecule has 0 amide bonds. The van der Waals surface area contributed by atoms with Crippen molar-refractivity contribution in [1.82, 2.24) is 4.98 Å². The number of nitrogens with two attached hydrogens (primary N) is 1. The summed E-state index contributed by atoms with van der Waals surface area (Å²) in [5.41, 5.74) is 9.04. The fourth-order valence-electron chi connectivity index (χ4n) is 1.89. The molecule has 4 nitrogen and oxygen atoms in total. The second kappa shape index (κ2) is 3.77. The fraction of sp³-hybridized carbons (Fsp3) is 0.0714. The lowest BCUT2D eigenvalue weighted by atomic mass is 10.2. The van der Waals surface area contributed by atoms with E-state index in [1.165, 1.54) is 0 Å². The third-order valence-corrected chi connectivity index (χ3v) is 2.84. The highest BCUT2D eigenvalue weighted by atomic mass is 16.3. The van der Waals surface area contributed by atoms with Crippen LogP contribution in [-0.2, 0) is 0 Å². The van der Waals surface area contributed by atoms with Gasteiger partial charge in [-0.05, 0) is 36.8 Å². The fourth-order valence-corrected chi connectivity index (χ4v) is 1.89. The van der Waals surface area contributed by atoms with Crippen LogP contribution in [0.2, 0.25) is 0 Å². The number of phenols is 1. The molecule has 2 aromatic carbocycles. The van der Waals surface area contributed by atoms with Crippen molar-refractivity contribution in [3.8, 4) is 17.2 Å². The van der Waals surface area contributed by atoms with Gasteiger partial charge in [0.25, 0.3) is 0 Å². The van der Waals surface area contributed by atoms with Crippen molar-refractivity contribution in [1.29, 1.82) is 0 Å². The van der Waals surface area contributed by atoms with Crippen LogP contribution in [0, 0.1) is 6.92 Å². The molecule has 0 aliphatic heterocycles. The topological polar surface area (TPSA) is 72.3 Å². The van der Waals surface area contributed by atoms with Crippen molar-refractivity contribution in [2.45, 2.75) is 6.92 Å². The summed E-state index contributed by atoms with van der Waals surface area (Å²) < 4.78 is 5.62. The van der Waals surface area contributed by atoms with Crippen molar-refractivity contribution >= 4 is 16.8 Å². The van der Waals surface area contributed by atoms with Crippen LogP contribution in [-0.4, -0.2) is 10.1 Å². The van der Waals surface area contributed by atoms with Crippen LogP contribution in [0.1, 0.15) is 5.56 Å². The minimum absolute atomic E-state index is 0.000720. The molecule has 0 saturated carbocycles. The molecular formula is C14H12N2O2. The highest BCUT2D eigenvalue weighted by Gasteiger charge is 2.13. The van der Waals surface area contributed by atoms with Gasteiger partial charge in [-0.1, -0.05) is 12.1 Å². The number of para-hydroxylation sites is 1. The van der Waals surface area contributed by atoms with Crippen molar-refractivity contribution in [2.75, 3.05) is 5.73 Å². The van der Waals surface area contributed by atoms with Crippen LogP contribution in [0.4, 0.5) is 5.69 Å². The van der Waals surface area contributed by atoms with Gasteiger partial charge in [0.15, 0.2) is 11.3 Å². The molecule has 4 heteroatoms. The largest absolute Gasteiger partial charge is 0.505 e. The molecule has 3 N–H and O–H groups in total. The predicted molar refractivity (Wildman–Crippen MR) is 70.3 cm³/mol. The number of aromatic hydroxyl groups is 1. The summed E-state index contributed by atoms with van der Waals surface area (Å²) in [6.07, 6.45) is 0. The van der Waals surface area contributed by atoms with E-state index in [1.807, 2.05) is 25.1 Å². The van der Waals surface area contributed by atoms with Crippen molar-refractivity contribution in [3.05, 3.63) is 42.0 Å². The van der Waals surface area contributed by atoms with Gasteiger partial charge in [0.1, 0.15) is 5.52 Å². The number of oxazole rings is 1. The van der Waals surface area contributed by atoms with Gasteiger partial charge in [0, 0.05) is 0 Å². The second-order valence-electron chi connectivity index (χ2n) is 4.23. The van der Waals surface area contributed by atoms with Gasteiger partial charge in [0.05, 0.1) is 11.3 Å². The summed E-state index contributed by atoms with van der Waals surface area (Å²) in [6, 6.07) is 10.9. The van der Waals surface area contributed by atoms with E-state index in [0.717, 1.165) is 11.1 Å². The van der Waals surface area contributed by atoms with E-state index >= 15 is 0 Å². The quantitative estimate of drug-likeness (QED) is 0.506. The Labute approximate surface area is 104 Å². The van der Waals surface area contributed by atoms with E-state index in [0.29, 0.717) is 22.7 Å². The maximum absolute atomic E-state index is 9.91. The number of aryl methyl sites for hydroxylation is 1. The number of nitrogen functional groups attached to an aromatic ring is 1. The minimum atomic E-state index is 0.000720. The Morgan fingerprint density at radius 1 is 1.22 bits per heavy atom. The van der Waals surface area contributed by atoms with E-state index in [4.69, 9.17) is 10.2 Å². The molecule has 0 aliphatic rings. The first-order valence-electron chi connectivity index (χ1n) is 5.60.